The summed E-state index contributed by atoms with van der Waals surface area (Å²) < 4.78 is 15.4. The second kappa shape index (κ2) is 9.30. The van der Waals surface area contributed by atoms with Gasteiger partial charge in [0.25, 0.3) is 11.4 Å². The van der Waals surface area contributed by atoms with E-state index in [2.05, 4.69) is 0 Å². The van der Waals surface area contributed by atoms with Crippen molar-refractivity contribution in [1.29, 1.82) is 0 Å². The molecule has 1 aliphatic carbocycles. The minimum absolute atomic E-state index is 0.108. The Kier molecular flexibility index (Phi) is 6.40. The second-order valence-electron chi connectivity index (χ2n) is 8.08. The third-order valence-corrected chi connectivity index (χ3v) is 7.49. The number of hydrogen-bond acceptors (Lipinski definition) is 5. The smallest absolute Gasteiger partial charge is 0.324 e. The van der Waals surface area contributed by atoms with Gasteiger partial charge >= 0.3 is 13.3 Å². The third kappa shape index (κ3) is 4.92. The number of nitro groups is 2. The van der Waals surface area contributed by atoms with Gasteiger partial charge in [0.1, 0.15) is 6.07 Å². The van der Waals surface area contributed by atoms with Crippen LogP contribution in [-0.4, -0.2) is 24.8 Å². The fourth-order valence-corrected chi connectivity index (χ4v) is 4.89. The van der Waals surface area contributed by atoms with Crippen LogP contribution in [0.2, 0.25) is 0 Å². The number of aromatic nitrogens is 2. The van der Waals surface area contributed by atoms with Gasteiger partial charge in [-0.25, -0.2) is 4.57 Å². The second-order valence-corrected chi connectivity index (χ2v) is 10.1. The number of nitrogens with zero attached hydrogens (tertiary/aromatic N) is 4. The molecule has 2 N–H and O–H groups in total. The lowest BCUT2D eigenvalue weighted by Gasteiger charge is -2.28. The van der Waals surface area contributed by atoms with Crippen LogP contribution in [0.1, 0.15) is 6.42 Å². The minimum atomic E-state index is -4.41. The number of rotatable bonds is 7. The summed E-state index contributed by atoms with van der Waals surface area (Å²) in [5.74, 6) is 0. The maximum absolute atomic E-state index is 12.2. The molecule has 1 atom stereocenters. The summed E-state index contributed by atoms with van der Waals surface area (Å²) in [4.78, 5) is 40.9. The van der Waals surface area contributed by atoms with Gasteiger partial charge in [-0.05, 0) is 17.5 Å². The van der Waals surface area contributed by atoms with Gasteiger partial charge in [0.15, 0.2) is 36.5 Å². The lowest BCUT2D eigenvalue weighted by atomic mass is 9.99. The van der Waals surface area contributed by atoms with Gasteiger partial charge in [0.2, 0.25) is 0 Å². The number of benzene rings is 1. The van der Waals surface area contributed by atoms with E-state index in [1.54, 1.807) is 65.8 Å². The van der Waals surface area contributed by atoms with Crippen LogP contribution in [0.15, 0.2) is 91.6 Å². The highest BCUT2D eigenvalue weighted by Gasteiger charge is 2.48. The molecule has 178 valence electrons. The van der Waals surface area contributed by atoms with Crippen LogP contribution >= 0.6 is 7.60 Å². The topological polar surface area (TPSA) is 152 Å². The average Bonchev–Trinajstić information content (AvgIpc) is 2.84. The van der Waals surface area contributed by atoms with Crippen molar-refractivity contribution in [2.45, 2.75) is 18.1 Å². The van der Waals surface area contributed by atoms with Crippen LogP contribution < -0.4 is 9.13 Å². The Morgan fingerprint density at radius 2 is 1.54 bits per heavy atom. The monoisotopic (exact) mass is 496 g/mol. The molecule has 0 spiro atoms. The number of hydrogen-bond donors (Lipinski definition) is 2. The number of non-ortho nitro benzene ring substituents is 1. The molecule has 1 aliphatic rings. The molecule has 12 heteroatoms. The van der Waals surface area contributed by atoms with Crippen molar-refractivity contribution in [3.8, 4) is 16.8 Å². The molecule has 1 unspecified atom stereocenters. The predicted molar refractivity (Wildman–Crippen MR) is 125 cm³/mol. The minimum Gasteiger partial charge on any atom is -0.324 e. The molecule has 11 nitrogen and oxygen atoms in total. The van der Waals surface area contributed by atoms with E-state index in [0.717, 1.165) is 17.2 Å². The van der Waals surface area contributed by atoms with E-state index in [9.17, 15) is 34.6 Å². The zero-order chi connectivity index (χ0) is 25.2. The molecule has 0 saturated carbocycles. The van der Waals surface area contributed by atoms with E-state index in [1.165, 1.54) is 16.7 Å². The van der Waals surface area contributed by atoms with Gasteiger partial charge in [-0.2, -0.15) is 4.57 Å². The molecule has 0 amide bonds. The lowest BCUT2D eigenvalue weighted by Crippen LogP contribution is -2.46. The van der Waals surface area contributed by atoms with Crippen LogP contribution in [0.25, 0.3) is 16.8 Å². The Morgan fingerprint density at radius 1 is 0.914 bits per heavy atom. The van der Waals surface area contributed by atoms with Crippen LogP contribution in [-0.2, 0) is 11.1 Å². The summed E-state index contributed by atoms with van der Waals surface area (Å²) in [6, 6.07) is 10.6. The maximum atomic E-state index is 12.2. The molecule has 3 aromatic rings. The Morgan fingerprint density at radius 3 is 2.06 bits per heavy atom. The fourth-order valence-electron chi connectivity index (χ4n) is 3.92. The van der Waals surface area contributed by atoms with Gasteiger partial charge in [-0.15, -0.1) is 0 Å². The van der Waals surface area contributed by atoms with E-state index in [4.69, 9.17) is 0 Å². The summed E-state index contributed by atoms with van der Waals surface area (Å²) in [6.45, 7) is 0.108. The quantitative estimate of drug-likeness (QED) is 0.221. The van der Waals surface area contributed by atoms with Gasteiger partial charge < -0.3 is 9.79 Å². The van der Waals surface area contributed by atoms with Crippen LogP contribution in [0.4, 0.5) is 11.4 Å². The molecule has 0 radical (unpaired) electrons. The zero-order valence-electron chi connectivity index (χ0n) is 18.2. The molecular formula is C23H21N4O7P+2. The fraction of sp³-hybridized carbons (Fsp3) is 0.130. The first-order valence-corrected chi connectivity index (χ1v) is 12.0. The average molecular weight is 496 g/mol. The first kappa shape index (κ1) is 24.1. The Bertz CT molecular complexity index is 1400. The molecule has 2 aromatic heterocycles. The first-order chi connectivity index (χ1) is 16.6. The molecular weight excluding hydrogens is 475 g/mol. The van der Waals surface area contributed by atoms with Crippen molar-refractivity contribution in [2.24, 2.45) is 0 Å². The van der Waals surface area contributed by atoms with E-state index >= 15 is 0 Å². The molecule has 2 heterocycles. The van der Waals surface area contributed by atoms with Crippen molar-refractivity contribution in [3.63, 3.8) is 0 Å². The van der Waals surface area contributed by atoms with Gasteiger partial charge in [0, 0.05) is 36.4 Å². The summed E-state index contributed by atoms with van der Waals surface area (Å²) in [5.41, 5.74) is 1.08. The standard InChI is InChI=1S/C23H19N4O7P/c28-26(29)20-4-5-21(22(16-20)27(30)31)25-14-8-19(9-15-25)18-6-12-24(13-7-18)17-23(35(32,33)34)10-2-1-3-11-23/h1-10,12-16H,11,17H2/p+2. The van der Waals surface area contributed by atoms with Gasteiger partial charge in [-0.1, -0.05) is 24.3 Å². The third-order valence-electron chi connectivity index (χ3n) is 5.86. The van der Waals surface area contributed by atoms with Gasteiger partial charge in [-0.3, -0.25) is 24.8 Å². The van der Waals surface area contributed by atoms with Crippen LogP contribution in [0, 0.1) is 20.2 Å². The van der Waals surface area contributed by atoms with Crippen molar-refractivity contribution < 1.29 is 33.3 Å². The van der Waals surface area contributed by atoms with Crippen molar-refractivity contribution in [3.05, 3.63) is 112 Å². The first-order valence-electron chi connectivity index (χ1n) is 10.4. The SMILES string of the molecule is O=[N+]([O-])c1ccc(-[n+]2ccc(-c3cc[n+](CC4(P(=O)(O)O)C=CC=CC4)cc3)cc2)c([N+](=O)[O-])c1. The summed E-state index contributed by atoms with van der Waals surface area (Å²) in [5, 5.41) is 21.1. The van der Waals surface area contributed by atoms with Crippen molar-refractivity contribution >= 4 is 19.0 Å². The summed E-state index contributed by atoms with van der Waals surface area (Å²) in [7, 11) is -4.41. The maximum Gasteiger partial charge on any atom is 0.347 e. The summed E-state index contributed by atoms with van der Waals surface area (Å²) >= 11 is 0. The Labute approximate surface area is 199 Å². The molecule has 0 aliphatic heterocycles. The number of allylic oxidation sites excluding steroid dienone is 4. The molecule has 0 saturated heterocycles. The highest BCUT2D eigenvalue weighted by molar-refractivity contribution is 7.53. The molecule has 4 rings (SSSR count). The predicted octanol–water partition coefficient (Wildman–Crippen LogP) is 3.17. The Balaban J connectivity index is 1.58. The molecule has 0 bridgehead atoms. The molecule has 1 aromatic carbocycles. The highest BCUT2D eigenvalue weighted by Crippen LogP contribution is 2.54. The zero-order valence-corrected chi connectivity index (χ0v) is 19.1. The molecule has 35 heavy (non-hydrogen) atoms. The Hall–Kier alpha value is -4.05. The van der Waals surface area contributed by atoms with Crippen molar-refractivity contribution in [1.82, 2.24) is 0 Å². The number of nitro benzene ring substituents is 2. The number of pyridine rings is 2. The van der Waals surface area contributed by atoms with Gasteiger partial charge in [0.05, 0.1) is 9.85 Å². The molecule has 0 fully saturated rings. The van der Waals surface area contributed by atoms with Crippen LogP contribution in [0.5, 0.6) is 0 Å². The largest absolute Gasteiger partial charge is 0.347 e. The summed E-state index contributed by atoms with van der Waals surface area (Å²) in [6.07, 6.45) is 13.6. The highest BCUT2D eigenvalue weighted by atomic mass is 31.2. The normalized spacial score (nSPS) is 17.3. The van der Waals surface area contributed by atoms with E-state index in [0.29, 0.717) is 0 Å². The lowest BCUT2D eigenvalue weighted by molar-refractivity contribution is -0.699. The van der Waals surface area contributed by atoms with Crippen LogP contribution in [0.3, 0.4) is 0 Å². The van der Waals surface area contributed by atoms with E-state index < -0.39 is 22.6 Å². The van der Waals surface area contributed by atoms with E-state index in [1.807, 2.05) is 12.1 Å². The van der Waals surface area contributed by atoms with E-state index in [-0.39, 0.29) is 30.0 Å². The van der Waals surface area contributed by atoms with Crippen molar-refractivity contribution in [2.75, 3.05) is 0 Å².